The molecule has 2 rings (SSSR count). The van der Waals surface area contributed by atoms with E-state index in [-0.39, 0.29) is 19.0 Å². The second-order valence-corrected chi connectivity index (χ2v) is 4.91. The van der Waals surface area contributed by atoms with E-state index in [2.05, 4.69) is 10.0 Å². The van der Waals surface area contributed by atoms with Gasteiger partial charge in [-0.15, -0.1) is 0 Å². The third-order valence-electron chi connectivity index (χ3n) is 3.39. The first kappa shape index (κ1) is 16.3. The van der Waals surface area contributed by atoms with Crippen LogP contribution in [-0.2, 0) is 25.6 Å². The Morgan fingerprint density at radius 2 is 2.23 bits per heavy atom. The van der Waals surface area contributed by atoms with Crippen LogP contribution in [0.15, 0.2) is 35.4 Å². The summed E-state index contributed by atoms with van der Waals surface area (Å²) in [6, 6.07) is 9.22. The van der Waals surface area contributed by atoms with Crippen LogP contribution in [0.25, 0.3) is 10.4 Å². The SMILES string of the molecule is CCOC(=O)C[C@H]1OC[C@H](N=[N+]=[N-])[C@H]1OCc1ccccc1. The van der Waals surface area contributed by atoms with Crippen LogP contribution in [0.2, 0.25) is 0 Å². The number of hydrogen-bond acceptors (Lipinski definition) is 5. The topological polar surface area (TPSA) is 93.5 Å². The molecule has 0 aromatic heterocycles. The quantitative estimate of drug-likeness (QED) is 0.335. The Hall–Kier alpha value is -2.08. The van der Waals surface area contributed by atoms with Gasteiger partial charge in [0.25, 0.3) is 0 Å². The molecular weight excluding hydrogens is 286 g/mol. The van der Waals surface area contributed by atoms with Crippen LogP contribution in [0.4, 0.5) is 0 Å². The summed E-state index contributed by atoms with van der Waals surface area (Å²) in [5, 5.41) is 3.70. The fraction of sp³-hybridized carbons (Fsp3) is 0.533. The Labute approximate surface area is 128 Å². The van der Waals surface area contributed by atoms with Gasteiger partial charge in [0.2, 0.25) is 0 Å². The van der Waals surface area contributed by atoms with Crippen LogP contribution in [0.1, 0.15) is 18.9 Å². The van der Waals surface area contributed by atoms with Gasteiger partial charge in [0, 0.05) is 4.91 Å². The van der Waals surface area contributed by atoms with Gasteiger partial charge < -0.3 is 14.2 Å². The van der Waals surface area contributed by atoms with Crippen molar-refractivity contribution in [1.29, 1.82) is 0 Å². The minimum absolute atomic E-state index is 0.0880. The molecule has 0 bridgehead atoms. The zero-order valence-electron chi connectivity index (χ0n) is 12.4. The van der Waals surface area contributed by atoms with Crippen LogP contribution in [0.5, 0.6) is 0 Å². The van der Waals surface area contributed by atoms with E-state index in [0.717, 1.165) is 5.56 Å². The third kappa shape index (κ3) is 4.46. The molecule has 0 spiro atoms. The molecule has 3 atom stereocenters. The first-order chi connectivity index (χ1) is 10.7. The Morgan fingerprint density at radius 1 is 1.45 bits per heavy atom. The van der Waals surface area contributed by atoms with Crippen molar-refractivity contribution in [2.24, 2.45) is 5.11 Å². The van der Waals surface area contributed by atoms with E-state index >= 15 is 0 Å². The van der Waals surface area contributed by atoms with Gasteiger partial charge in [0.05, 0.1) is 44.5 Å². The average molecular weight is 305 g/mol. The highest BCUT2D eigenvalue weighted by molar-refractivity contribution is 5.70. The fourth-order valence-corrected chi connectivity index (χ4v) is 2.37. The number of azide groups is 1. The molecule has 1 fully saturated rings. The normalized spacial score (nSPS) is 23.8. The number of hydrogen-bond donors (Lipinski definition) is 0. The highest BCUT2D eigenvalue weighted by atomic mass is 16.6. The lowest BCUT2D eigenvalue weighted by molar-refractivity contribution is -0.147. The molecule has 1 aliphatic heterocycles. The molecule has 1 aromatic carbocycles. The first-order valence-corrected chi connectivity index (χ1v) is 7.21. The molecule has 7 nitrogen and oxygen atoms in total. The van der Waals surface area contributed by atoms with E-state index in [9.17, 15) is 4.79 Å². The molecule has 0 aliphatic carbocycles. The van der Waals surface area contributed by atoms with Crippen molar-refractivity contribution < 1.29 is 19.0 Å². The predicted molar refractivity (Wildman–Crippen MR) is 78.9 cm³/mol. The number of carbonyl (C=O) groups excluding carboxylic acids is 1. The second kappa shape index (κ2) is 8.38. The molecular formula is C15H19N3O4. The van der Waals surface area contributed by atoms with Crippen molar-refractivity contribution in [3.8, 4) is 0 Å². The van der Waals surface area contributed by atoms with Gasteiger partial charge in [0.15, 0.2) is 0 Å². The van der Waals surface area contributed by atoms with Gasteiger partial charge in [-0.05, 0) is 18.0 Å². The summed E-state index contributed by atoms with van der Waals surface area (Å²) in [7, 11) is 0. The lowest BCUT2D eigenvalue weighted by Gasteiger charge is -2.21. The van der Waals surface area contributed by atoms with E-state index in [4.69, 9.17) is 19.7 Å². The second-order valence-electron chi connectivity index (χ2n) is 4.91. The van der Waals surface area contributed by atoms with Crippen LogP contribution < -0.4 is 0 Å². The van der Waals surface area contributed by atoms with Crippen molar-refractivity contribution >= 4 is 5.97 Å². The molecule has 118 valence electrons. The van der Waals surface area contributed by atoms with Crippen molar-refractivity contribution in [2.45, 2.75) is 38.2 Å². The molecule has 1 aliphatic rings. The van der Waals surface area contributed by atoms with Crippen LogP contribution in [0, 0.1) is 0 Å². The van der Waals surface area contributed by atoms with Gasteiger partial charge >= 0.3 is 5.97 Å². The highest BCUT2D eigenvalue weighted by Crippen LogP contribution is 2.25. The Kier molecular flexibility index (Phi) is 6.21. The van der Waals surface area contributed by atoms with E-state index in [1.54, 1.807) is 6.92 Å². The Bertz CT molecular complexity index is 531. The summed E-state index contributed by atoms with van der Waals surface area (Å²) in [6.07, 6.45) is -0.830. The number of benzene rings is 1. The molecule has 1 aromatic rings. The zero-order chi connectivity index (χ0) is 15.8. The molecule has 22 heavy (non-hydrogen) atoms. The van der Waals surface area contributed by atoms with Gasteiger partial charge in [-0.2, -0.15) is 0 Å². The summed E-state index contributed by atoms with van der Waals surface area (Å²) in [5.74, 6) is -0.345. The minimum atomic E-state index is -0.460. The average Bonchev–Trinajstić information content (AvgIpc) is 2.89. The molecule has 0 radical (unpaired) electrons. The van der Waals surface area contributed by atoms with E-state index < -0.39 is 18.2 Å². The molecule has 1 heterocycles. The monoisotopic (exact) mass is 305 g/mol. The maximum atomic E-state index is 11.6. The fourth-order valence-electron chi connectivity index (χ4n) is 2.37. The first-order valence-electron chi connectivity index (χ1n) is 7.21. The maximum absolute atomic E-state index is 11.6. The smallest absolute Gasteiger partial charge is 0.308 e. The minimum Gasteiger partial charge on any atom is -0.466 e. The molecule has 0 N–H and O–H groups in total. The molecule has 7 heteroatoms. The number of ether oxygens (including phenoxy) is 3. The van der Waals surface area contributed by atoms with Crippen LogP contribution >= 0.6 is 0 Å². The van der Waals surface area contributed by atoms with E-state index in [1.807, 2.05) is 30.3 Å². The molecule has 1 saturated heterocycles. The van der Waals surface area contributed by atoms with Crippen LogP contribution in [0.3, 0.4) is 0 Å². The third-order valence-corrected chi connectivity index (χ3v) is 3.39. The van der Waals surface area contributed by atoms with Gasteiger partial charge in [-0.1, -0.05) is 35.4 Å². The number of rotatable bonds is 7. The van der Waals surface area contributed by atoms with Gasteiger partial charge in [-0.25, -0.2) is 0 Å². The van der Waals surface area contributed by atoms with Crippen molar-refractivity contribution in [3.05, 3.63) is 46.3 Å². The molecule has 0 saturated carbocycles. The Balaban J connectivity index is 1.99. The van der Waals surface area contributed by atoms with Gasteiger partial charge in [-0.3, -0.25) is 4.79 Å². The zero-order valence-corrected chi connectivity index (χ0v) is 12.4. The van der Waals surface area contributed by atoms with Crippen molar-refractivity contribution in [2.75, 3.05) is 13.2 Å². The largest absolute Gasteiger partial charge is 0.466 e. The number of nitrogens with zero attached hydrogens (tertiary/aromatic N) is 3. The molecule has 0 unspecified atom stereocenters. The lowest BCUT2D eigenvalue weighted by atomic mass is 10.1. The van der Waals surface area contributed by atoms with E-state index in [0.29, 0.717) is 13.2 Å². The predicted octanol–water partition coefficient (Wildman–Crippen LogP) is 2.60. The van der Waals surface area contributed by atoms with Gasteiger partial charge in [0.1, 0.15) is 0 Å². The summed E-state index contributed by atoms with van der Waals surface area (Å²) >= 11 is 0. The lowest BCUT2D eigenvalue weighted by Crippen LogP contribution is -2.34. The summed E-state index contributed by atoms with van der Waals surface area (Å²) in [4.78, 5) is 14.4. The number of esters is 1. The van der Waals surface area contributed by atoms with Crippen molar-refractivity contribution in [1.82, 2.24) is 0 Å². The summed E-state index contributed by atoms with van der Waals surface area (Å²) < 4.78 is 16.3. The highest BCUT2D eigenvalue weighted by Gasteiger charge is 2.39. The summed E-state index contributed by atoms with van der Waals surface area (Å²) in [6.45, 7) is 2.68. The Morgan fingerprint density at radius 3 is 2.91 bits per heavy atom. The maximum Gasteiger partial charge on any atom is 0.308 e. The van der Waals surface area contributed by atoms with Crippen LogP contribution in [-0.4, -0.2) is 37.4 Å². The number of carbonyl (C=O) groups is 1. The summed E-state index contributed by atoms with van der Waals surface area (Å²) in [5.41, 5.74) is 9.64. The van der Waals surface area contributed by atoms with E-state index in [1.165, 1.54) is 0 Å². The standard InChI is InChI=1S/C15H19N3O4/c1-2-20-14(19)8-13-15(12(10-21-13)17-18-16)22-9-11-6-4-3-5-7-11/h3-7,12-13,15H,2,8-10H2,1H3/t12-,13+,15+/m0/s1. The van der Waals surface area contributed by atoms with Crippen molar-refractivity contribution in [3.63, 3.8) is 0 Å². The molecule has 0 amide bonds.